The largest absolute Gasteiger partial charge is 0.465 e. The molecule has 2 aliphatic rings. The third kappa shape index (κ3) is 5.55. The second-order valence-corrected chi connectivity index (χ2v) is 10.7. The first-order chi connectivity index (χ1) is 18.2. The van der Waals surface area contributed by atoms with E-state index in [1.165, 1.54) is 11.0 Å². The molecule has 8 heteroatoms. The van der Waals surface area contributed by atoms with E-state index < -0.39 is 11.6 Å². The Morgan fingerprint density at radius 3 is 2.42 bits per heavy atom. The quantitative estimate of drug-likeness (QED) is 0.357. The van der Waals surface area contributed by atoms with E-state index in [0.717, 1.165) is 49.7 Å². The third-order valence-corrected chi connectivity index (χ3v) is 7.96. The molecule has 0 saturated heterocycles. The lowest BCUT2D eigenvalue weighted by molar-refractivity contribution is -0.117. The monoisotopic (exact) mass is 516 g/mol. The van der Waals surface area contributed by atoms with Gasteiger partial charge in [-0.25, -0.2) is 9.18 Å². The number of pyridine rings is 1. The highest BCUT2D eigenvalue weighted by Gasteiger charge is 2.42. The number of anilines is 1. The summed E-state index contributed by atoms with van der Waals surface area (Å²) in [6, 6.07) is 16.7. The summed E-state index contributed by atoms with van der Waals surface area (Å²) in [4.78, 5) is 30.1. The van der Waals surface area contributed by atoms with Gasteiger partial charge in [-0.15, -0.1) is 0 Å². The van der Waals surface area contributed by atoms with Crippen molar-refractivity contribution in [1.82, 2.24) is 9.88 Å². The third-order valence-electron chi connectivity index (χ3n) is 7.96. The number of hydrogen-bond acceptors (Lipinski definition) is 4. The molecule has 3 aromatic rings. The number of amides is 2. The highest BCUT2D eigenvalue weighted by atomic mass is 19.1. The molecular weight excluding hydrogens is 483 g/mol. The summed E-state index contributed by atoms with van der Waals surface area (Å²) in [5.41, 5.74) is 9.76. The van der Waals surface area contributed by atoms with Crippen molar-refractivity contribution >= 4 is 17.7 Å². The molecule has 7 nitrogen and oxygen atoms in total. The minimum absolute atomic E-state index is 0.00977. The van der Waals surface area contributed by atoms with Crippen LogP contribution < -0.4 is 11.1 Å². The molecule has 0 radical (unpaired) electrons. The molecule has 5 rings (SSSR count). The fourth-order valence-corrected chi connectivity index (χ4v) is 5.44. The normalized spacial score (nSPS) is 20.0. The molecule has 2 fully saturated rings. The first-order valence-electron chi connectivity index (χ1n) is 13.1. The van der Waals surface area contributed by atoms with Gasteiger partial charge in [-0.1, -0.05) is 42.5 Å². The van der Waals surface area contributed by atoms with Gasteiger partial charge in [0.1, 0.15) is 5.82 Å². The summed E-state index contributed by atoms with van der Waals surface area (Å²) in [7, 11) is 1.60. The van der Waals surface area contributed by atoms with E-state index in [9.17, 15) is 19.1 Å². The first kappa shape index (κ1) is 25.9. The maximum absolute atomic E-state index is 15.0. The molecular formula is C30H33FN4O3. The molecule has 2 saturated carbocycles. The number of aromatic nitrogens is 1. The Labute approximate surface area is 221 Å². The fraction of sp³-hybridized carbons (Fsp3) is 0.367. The minimum Gasteiger partial charge on any atom is -0.465 e. The second kappa shape index (κ2) is 10.5. The van der Waals surface area contributed by atoms with Gasteiger partial charge in [-0.3, -0.25) is 9.78 Å². The molecule has 38 heavy (non-hydrogen) atoms. The molecule has 0 unspecified atom stereocenters. The van der Waals surface area contributed by atoms with Crippen LogP contribution in [0.4, 0.5) is 14.9 Å². The molecule has 2 aromatic carbocycles. The van der Waals surface area contributed by atoms with E-state index in [2.05, 4.69) is 10.3 Å². The zero-order chi connectivity index (χ0) is 26.9. The highest BCUT2D eigenvalue weighted by Crippen LogP contribution is 2.44. The van der Waals surface area contributed by atoms with Gasteiger partial charge in [-0.05, 0) is 62.1 Å². The minimum atomic E-state index is -0.916. The Morgan fingerprint density at radius 1 is 1.08 bits per heavy atom. The van der Waals surface area contributed by atoms with E-state index in [1.54, 1.807) is 19.3 Å². The van der Waals surface area contributed by atoms with Crippen molar-refractivity contribution in [2.75, 3.05) is 12.4 Å². The van der Waals surface area contributed by atoms with Crippen LogP contribution in [0.3, 0.4) is 0 Å². The van der Waals surface area contributed by atoms with Gasteiger partial charge >= 0.3 is 6.09 Å². The van der Waals surface area contributed by atoms with E-state index in [1.807, 2.05) is 42.5 Å². The molecule has 0 atom stereocenters. The van der Waals surface area contributed by atoms with Crippen molar-refractivity contribution in [2.45, 2.75) is 56.5 Å². The molecule has 198 valence electrons. The Morgan fingerprint density at radius 2 is 1.79 bits per heavy atom. The van der Waals surface area contributed by atoms with Gasteiger partial charge in [0.15, 0.2) is 0 Å². The maximum atomic E-state index is 15.0. The van der Waals surface area contributed by atoms with Gasteiger partial charge < -0.3 is 21.1 Å². The Bertz CT molecular complexity index is 1330. The molecule has 2 amide bonds. The fourth-order valence-electron chi connectivity index (χ4n) is 5.44. The van der Waals surface area contributed by atoms with Crippen molar-refractivity contribution in [3.05, 3.63) is 72.2 Å². The molecule has 0 aliphatic heterocycles. The zero-order valence-corrected chi connectivity index (χ0v) is 21.5. The summed E-state index contributed by atoms with van der Waals surface area (Å²) >= 11 is 0. The van der Waals surface area contributed by atoms with Crippen LogP contribution in [0.5, 0.6) is 0 Å². The van der Waals surface area contributed by atoms with E-state index in [0.29, 0.717) is 28.9 Å². The first-order valence-corrected chi connectivity index (χ1v) is 13.1. The lowest BCUT2D eigenvalue weighted by Gasteiger charge is -2.32. The number of nitrogens with zero attached hydrogens (tertiary/aromatic N) is 2. The van der Waals surface area contributed by atoms with Crippen LogP contribution >= 0.6 is 0 Å². The smallest absolute Gasteiger partial charge is 0.407 e. The Kier molecular flexibility index (Phi) is 7.17. The van der Waals surface area contributed by atoms with Gasteiger partial charge in [0, 0.05) is 41.7 Å². The predicted octanol–water partition coefficient (Wildman–Crippen LogP) is 6.00. The summed E-state index contributed by atoms with van der Waals surface area (Å²) < 4.78 is 15.0. The molecule has 0 spiro atoms. The number of rotatable bonds is 7. The number of carboxylic acid groups (broad SMARTS) is 1. The van der Waals surface area contributed by atoms with E-state index in [-0.39, 0.29) is 23.7 Å². The summed E-state index contributed by atoms with van der Waals surface area (Å²) in [5.74, 6) is -0.209. The number of nitrogens with two attached hydrogens (primary N) is 1. The van der Waals surface area contributed by atoms with Gasteiger partial charge in [0.2, 0.25) is 5.91 Å². The van der Waals surface area contributed by atoms with Crippen molar-refractivity contribution in [3.63, 3.8) is 0 Å². The molecule has 0 bridgehead atoms. The molecule has 2 aliphatic carbocycles. The van der Waals surface area contributed by atoms with Crippen LogP contribution in [-0.4, -0.2) is 40.1 Å². The summed E-state index contributed by atoms with van der Waals surface area (Å²) in [5, 5.41) is 12.2. The number of nitrogens with one attached hydrogen (secondary N) is 1. The van der Waals surface area contributed by atoms with Crippen molar-refractivity contribution in [3.8, 4) is 22.4 Å². The van der Waals surface area contributed by atoms with Gasteiger partial charge in [0.25, 0.3) is 0 Å². The second-order valence-electron chi connectivity index (χ2n) is 10.7. The van der Waals surface area contributed by atoms with Crippen molar-refractivity contribution < 1.29 is 19.1 Å². The molecule has 1 heterocycles. The topological polar surface area (TPSA) is 109 Å². The maximum Gasteiger partial charge on any atom is 0.407 e. The molecule has 4 N–H and O–H groups in total. The van der Waals surface area contributed by atoms with Crippen LogP contribution in [0.1, 0.15) is 50.5 Å². The number of carbonyl (C=O) groups excluding carboxylic acids is 1. The van der Waals surface area contributed by atoms with Crippen LogP contribution in [0.25, 0.3) is 22.4 Å². The lowest BCUT2D eigenvalue weighted by atomic mass is 9.83. The van der Waals surface area contributed by atoms with Crippen LogP contribution in [0, 0.1) is 11.7 Å². The summed E-state index contributed by atoms with van der Waals surface area (Å²) in [6.45, 7) is 0. The van der Waals surface area contributed by atoms with Gasteiger partial charge in [0.05, 0.1) is 17.6 Å². The van der Waals surface area contributed by atoms with Crippen LogP contribution in [0.15, 0.2) is 60.8 Å². The van der Waals surface area contributed by atoms with E-state index >= 15 is 0 Å². The summed E-state index contributed by atoms with van der Waals surface area (Å²) in [6.07, 6.45) is 5.78. The predicted molar refractivity (Wildman–Crippen MR) is 145 cm³/mol. The number of hydrogen-bond donors (Lipinski definition) is 3. The lowest BCUT2D eigenvalue weighted by Crippen LogP contribution is -2.38. The van der Waals surface area contributed by atoms with Crippen molar-refractivity contribution in [2.24, 2.45) is 11.7 Å². The average molecular weight is 517 g/mol. The highest BCUT2D eigenvalue weighted by molar-refractivity contribution is 5.93. The number of carbonyl (C=O) groups is 2. The number of benzene rings is 2. The number of halogens is 1. The Hall–Kier alpha value is -3.78. The van der Waals surface area contributed by atoms with E-state index in [4.69, 9.17) is 5.73 Å². The van der Waals surface area contributed by atoms with Crippen molar-refractivity contribution in [1.29, 1.82) is 0 Å². The average Bonchev–Trinajstić information content (AvgIpc) is 3.66. The zero-order valence-electron chi connectivity index (χ0n) is 21.5. The van der Waals surface area contributed by atoms with Crippen LogP contribution in [0.2, 0.25) is 0 Å². The molecule has 1 aromatic heterocycles. The van der Waals surface area contributed by atoms with Crippen LogP contribution in [-0.2, 0) is 10.3 Å². The standard InChI is InChI=1S/C30H33FN4O3/c1-35(29(37)38)23-10-7-19(8-11-23)15-27(36)34-22-17-24(20-5-3-2-4-6-20)28(33-18-22)21-9-12-25(26(31)16-21)30(32)13-14-30/h2-6,9,12,16-19,23H,7-8,10-11,13-15,32H2,1H3,(H,34,36)(H,37,38). The van der Waals surface area contributed by atoms with Gasteiger partial charge in [-0.2, -0.15) is 0 Å². The SMILES string of the molecule is CN(C(=O)O)C1CCC(CC(=O)Nc2cnc(-c3ccc(C4(N)CC4)c(F)c3)c(-c3ccccc3)c2)CC1. The Balaban J connectivity index is 1.32.